The second-order valence-corrected chi connectivity index (χ2v) is 6.78. The maximum Gasteiger partial charge on any atom is 0.306 e. The highest BCUT2D eigenvalue weighted by Crippen LogP contribution is 2.46. The summed E-state index contributed by atoms with van der Waals surface area (Å²) < 4.78 is 10.7. The Morgan fingerprint density at radius 1 is 1.38 bits per heavy atom. The fraction of sp³-hybridized carbons (Fsp3) is 0.938. The van der Waals surface area contributed by atoms with Gasteiger partial charge in [0.1, 0.15) is 0 Å². The van der Waals surface area contributed by atoms with Crippen LogP contribution in [0.3, 0.4) is 0 Å². The van der Waals surface area contributed by atoms with E-state index in [1.54, 1.807) is 0 Å². The minimum absolute atomic E-state index is 0. The SMILES string of the molecule is CC[C@@]1(C)C[C@@]2(CCCN(CCC(=O)OC)C2)CCO1.Cl. The molecule has 0 aromatic rings. The predicted octanol–water partition coefficient (Wildman–Crippen LogP) is 3.03. The molecule has 2 atom stereocenters. The van der Waals surface area contributed by atoms with Crippen LogP contribution in [0.15, 0.2) is 0 Å². The van der Waals surface area contributed by atoms with Crippen LogP contribution < -0.4 is 0 Å². The minimum atomic E-state index is -0.102. The van der Waals surface area contributed by atoms with Gasteiger partial charge >= 0.3 is 5.97 Å². The van der Waals surface area contributed by atoms with Crippen LogP contribution in [-0.4, -0.2) is 49.8 Å². The molecule has 0 aliphatic carbocycles. The van der Waals surface area contributed by atoms with Gasteiger partial charge in [-0.25, -0.2) is 0 Å². The van der Waals surface area contributed by atoms with Crippen LogP contribution in [-0.2, 0) is 14.3 Å². The maximum absolute atomic E-state index is 11.3. The molecule has 0 saturated carbocycles. The average molecular weight is 320 g/mol. The van der Waals surface area contributed by atoms with Crippen molar-refractivity contribution >= 4 is 18.4 Å². The van der Waals surface area contributed by atoms with Gasteiger partial charge in [0.15, 0.2) is 0 Å². The van der Waals surface area contributed by atoms with Crippen molar-refractivity contribution in [1.82, 2.24) is 4.90 Å². The van der Waals surface area contributed by atoms with E-state index in [9.17, 15) is 4.79 Å². The maximum atomic E-state index is 11.3. The van der Waals surface area contributed by atoms with Crippen LogP contribution in [0.4, 0.5) is 0 Å². The van der Waals surface area contributed by atoms with Crippen molar-refractivity contribution in [1.29, 1.82) is 0 Å². The molecule has 4 nitrogen and oxygen atoms in total. The molecule has 21 heavy (non-hydrogen) atoms. The van der Waals surface area contributed by atoms with Gasteiger partial charge in [0.2, 0.25) is 0 Å². The van der Waals surface area contributed by atoms with Gasteiger partial charge in [0, 0.05) is 19.7 Å². The minimum Gasteiger partial charge on any atom is -0.469 e. The Kier molecular flexibility index (Phi) is 6.95. The van der Waals surface area contributed by atoms with Gasteiger partial charge < -0.3 is 14.4 Å². The lowest BCUT2D eigenvalue weighted by atomic mass is 9.68. The van der Waals surface area contributed by atoms with E-state index >= 15 is 0 Å². The quantitative estimate of drug-likeness (QED) is 0.747. The van der Waals surface area contributed by atoms with Crippen LogP contribution in [0.5, 0.6) is 0 Å². The summed E-state index contributed by atoms with van der Waals surface area (Å²) in [5.41, 5.74) is 0.445. The Hall–Kier alpha value is -0.320. The molecule has 0 aromatic carbocycles. The number of carbonyl (C=O) groups is 1. The fourth-order valence-corrected chi connectivity index (χ4v) is 3.87. The molecule has 2 fully saturated rings. The van der Waals surface area contributed by atoms with Crippen LogP contribution >= 0.6 is 12.4 Å². The van der Waals surface area contributed by atoms with Crippen molar-refractivity contribution in [3.8, 4) is 0 Å². The van der Waals surface area contributed by atoms with Gasteiger partial charge in [-0.05, 0) is 51.0 Å². The highest BCUT2D eigenvalue weighted by Gasteiger charge is 2.44. The topological polar surface area (TPSA) is 38.8 Å². The number of esters is 1. The van der Waals surface area contributed by atoms with Gasteiger partial charge in [-0.2, -0.15) is 0 Å². The first-order chi connectivity index (χ1) is 9.51. The largest absolute Gasteiger partial charge is 0.469 e. The third-order valence-electron chi connectivity index (χ3n) is 5.18. The van der Waals surface area contributed by atoms with E-state index in [4.69, 9.17) is 9.47 Å². The molecule has 1 spiro atoms. The molecule has 2 heterocycles. The highest BCUT2D eigenvalue weighted by molar-refractivity contribution is 5.85. The number of methoxy groups -OCH3 is 1. The molecule has 0 radical (unpaired) electrons. The first-order valence-corrected chi connectivity index (χ1v) is 7.94. The zero-order valence-electron chi connectivity index (χ0n) is 13.7. The molecular formula is C16H30ClNO3. The van der Waals surface area contributed by atoms with Crippen molar-refractivity contribution in [2.45, 2.75) is 58.0 Å². The van der Waals surface area contributed by atoms with Crippen molar-refractivity contribution in [3.63, 3.8) is 0 Å². The van der Waals surface area contributed by atoms with E-state index < -0.39 is 0 Å². The van der Waals surface area contributed by atoms with E-state index in [2.05, 4.69) is 18.7 Å². The van der Waals surface area contributed by atoms with Crippen LogP contribution in [0, 0.1) is 5.41 Å². The lowest BCUT2D eigenvalue weighted by Gasteiger charge is -2.50. The highest BCUT2D eigenvalue weighted by atomic mass is 35.5. The number of piperidine rings is 1. The second-order valence-electron chi connectivity index (χ2n) is 6.78. The summed E-state index contributed by atoms with van der Waals surface area (Å²) in [6.07, 6.45) is 6.45. The van der Waals surface area contributed by atoms with Crippen LogP contribution in [0.2, 0.25) is 0 Å². The lowest BCUT2D eigenvalue weighted by Crippen LogP contribution is -2.51. The molecule has 0 amide bonds. The van der Waals surface area contributed by atoms with E-state index in [1.165, 1.54) is 20.0 Å². The molecule has 0 bridgehead atoms. The lowest BCUT2D eigenvalue weighted by molar-refractivity contribution is -0.143. The third-order valence-corrected chi connectivity index (χ3v) is 5.18. The van der Waals surface area contributed by atoms with E-state index in [0.717, 1.165) is 45.5 Å². The number of nitrogens with zero attached hydrogens (tertiary/aromatic N) is 1. The summed E-state index contributed by atoms with van der Waals surface area (Å²) in [7, 11) is 1.46. The standard InChI is InChI=1S/C16H29NO3.ClH/c1-4-15(2)12-16(8-11-20-15)7-5-9-17(13-16)10-6-14(18)19-3;/h4-13H2,1-3H3;1H/t15-,16+;/m0./s1. The number of halogens is 1. The summed E-state index contributed by atoms with van der Waals surface area (Å²) in [5.74, 6) is -0.102. The summed E-state index contributed by atoms with van der Waals surface area (Å²) in [6, 6.07) is 0. The van der Waals surface area contributed by atoms with Crippen molar-refractivity contribution in [2.24, 2.45) is 5.41 Å². The smallest absolute Gasteiger partial charge is 0.306 e. The Morgan fingerprint density at radius 3 is 2.81 bits per heavy atom. The molecule has 0 unspecified atom stereocenters. The second kappa shape index (κ2) is 7.80. The third kappa shape index (κ3) is 4.83. The Morgan fingerprint density at radius 2 is 2.14 bits per heavy atom. The van der Waals surface area contributed by atoms with Gasteiger partial charge in [-0.3, -0.25) is 4.79 Å². The Balaban J connectivity index is 0.00000220. The van der Waals surface area contributed by atoms with Crippen LogP contribution in [0.1, 0.15) is 52.4 Å². The molecular weight excluding hydrogens is 290 g/mol. The van der Waals surface area contributed by atoms with E-state index in [0.29, 0.717) is 11.8 Å². The zero-order valence-corrected chi connectivity index (χ0v) is 14.5. The number of ether oxygens (including phenoxy) is 2. The van der Waals surface area contributed by atoms with Crippen molar-refractivity contribution in [3.05, 3.63) is 0 Å². The van der Waals surface area contributed by atoms with Gasteiger partial charge in [0.25, 0.3) is 0 Å². The molecule has 2 aliphatic heterocycles. The fourth-order valence-electron chi connectivity index (χ4n) is 3.87. The monoisotopic (exact) mass is 319 g/mol. The van der Waals surface area contributed by atoms with E-state index in [1.807, 2.05) is 0 Å². The van der Waals surface area contributed by atoms with Gasteiger partial charge in [-0.15, -0.1) is 12.4 Å². The molecule has 0 aromatic heterocycles. The number of likely N-dealkylation sites (tertiary alicyclic amines) is 1. The molecule has 2 saturated heterocycles. The molecule has 2 rings (SSSR count). The molecule has 2 aliphatic rings. The first kappa shape index (κ1) is 18.7. The summed E-state index contributed by atoms with van der Waals surface area (Å²) in [4.78, 5) is 13.7. The van der Waals surface area contributed by atoms with Gasteiger partial charge in [0.05, 0.1) is 19.1 Å². The number of rotatable bonds is 4. The Labute approximate surface area is 135 Å². The molecule has 5 heteroatoms. The normalized spacial score (nSPS) is 33.5. The van der Waals surface area contributed by atoms with Gasteiger partial charge in [-0.1, -0.05) is 6.92 Å². The average Bonchev–Trinajstić information content (AvgIpc) is 2.45. The molecule has 124 valence electrons. The first-order valence-electron chi connectivity index (χ1n) is 7.94. The number of hydrogen-bond donors (Lipinski definition) is 0. The van der Waals surface area contributed by atoms with Crippen molar-refractivity contribution in [2.75, 3.05) is 33.4 Å². The predicted molar refractivity (Wildman–Crippen MR) is 85.9 cm³/mol. The van der Waals surface area contributed by atoms with E-state index in [-0.39, 0.29) is 24.0 Å². The summed E-state index contributed by atoms with van der Waals surface area (Å²) in [5, 5.41) is 0. The number of carbonyl (C=O) groups excluding carboxylic acids is 1. The summed E-state index contributed by atoms with van der Waals surface area (Å²) in [6.45, 7) is 8.41. The van der Waals surface area contributed by atoms with Crippen LogP contribution in [0.25, 0.3) is 0 Å². The molecule has 0 N–H and O–H groups in total. The summed E-state index contributed by atoms with van der Waals surface area (Å²) >= 11 is 0. The van der Waals surface area contributed by atoms with Crippen molar-refractivity contribution < 1.29 is 14.3 Å². The number of hydrogen-bond acceptors (Lipinski definition) is 4. The Bertz CT molecular complexity index is 348. The zero-order chi connectivity index (χ0) is 14.6.